The fourth-order valence-electron chi connectivity index (χ4n) is 4.79. The van der Waals surface area contributed by atoms with Crippen molar-refractivity contribution >= 4 is 33.7 Å². The molecule has 5 nitrogen and oxygen atoms in total. The quantitative estimate of drug-likeness (QED) is 0.190. The van der Waals surface area contributed by atoms with Gasteiger partial charge in [-0.3, -0.25) is 4.98 Å². The first kappa shape index (κ1) is 25.7. The number of nitrogens with one attached hydrogen (secondary N) is 3. The molecule has 4 aromatic heterocycles. The van der Waals surface area contributed by atoms with Crippen molar-refractivity contribution in [2.24, 2.45) is 5.41 Å². The Kier molecular flexibility index (Phi) is 7.04. The Labute approximate surface area is 226 Å². The van der Waals surface area contributed by atoms with Crippen LogP contribution in [0.2, 0.25) is 0 Å². The van der Waals surface area contributed by atoms with Crippen LogP contribution < -0.4 is 10.6 Å². The molecule has 0 saturated carbocycles. The normalized spacial score (nSPS) is 11.6. The average Bonchev–Trinajstić information content (AvgIpc) is 3.53. The zero-order chi connectivity index (χ0) is 26.9. The van der Waals surface area contributed by atoms with Gasteiger partial charge in [0.1, 0.15) is 11.5 Å². The molecule has 0 aliphatic heterocycles. The van der Waals surface area contributed by atoms with E-state index in [4.69, 9.17) is 0 Å². The van der Waals surface area contributed by atoms with Crippen molar-refractivity contribution in [2.75, 3.05) is 17.7 Å². The van der Waals surface area contributed by atoms with Gasteiger partial charge in [0.2, 0.25) is 0 Å². The van der Waals surface area contributed by atoms with Gasteiger partial charge in [-0.2, -0.15) is 0 Å². The number of H-pyrrole nitrogens is 1. The van der Waals surface area contributed by atoms with E-state index < -0.39 is 0 Å². The van der Waals surface area contributed by atoms with E-state index in [1.54, 1.807) is 29.8 Å². The minimum Gasteiger partial charge on any atom is -0.388 e. The molecular weight excluding hydrogens is 493 g/mol. The van der Waals surface area contributed by atoms with Crippen LogP contribution in [-0.4, -0.2) is 22.0 Å². The fraction of sp³-hybridized carbons (Fsp3) is 0.226. The molecule has 5 aromatic rings. The van der Waals surface area contributed by atoms with Crippen molar-refractivity contribution < 1.29 is 4.39 Å². The Morgan fingerprint density at radius 3 is 2.68 bits per heavy atom. The number of benzene rings is 1. The molecular formula is C31H32FN5S. The second-order valence-electron chi connectivity index (χ2n) is 10.7. The lowest BCUT2D eigenvalue weighted by Crippen LogP contribution is -2.10. The predicted molar refractivity (Wildman–Crippen MR) is 158 cm³/mol. The van der Waals surface area contributed by atoms with Crippen molar-refractivity contribution in [3.63, 3.8) is 0 Å². The summed E-state index contributed by atoms with van der Waals surface area (Å²) in [7, 11) is 1.81. The molecule has 0 saturated heterocycles. The molecule has 0 aliphatic carbocycles. The summed E-state index contributed by atoms with van der Waals surface area (Å²) < 4.78 is 15.3. The fourth-order valence-corrected chi connectivity index (χ4v) is 5.56. The molecule has 0 radical (unpaired) electrons. The van der Waals surface area contributed by atoms with Gasteiger partial charge in [-0.15, -0.1) is 11.3 Å². The maximum Gasteiger partial charge on any atom is 0.138 e. The van der Waals surface area contributed by atoms with Crippen LogP contribution in [0.3, 0.4) is 0 Å². The lowest BCUT2D eigenvalue weighted by Gasteiger charge is -2.20. The molecule has 194 valence electrons. The number of nitrogens with zero attached hydrogens (tertiary/aromatic N) is 2. The molecule has 0 spiro atoms. The van der Waals surface area contributed by atoms with Crippen molar-refractivity contribution in [3.8, 4) is 21.6 Å². The van der Waals surface area contributed by atoms with Crippen molar-refractivity contribution in [1.82, 2.24) is 15.0 Å². The molecule has 3 N–H and O–H groups in total. The molecule has 7 heteroatoms. The van der Waals surface area contributed by atoms with Crippen LogP contribution in [0.5, 0.6) is 0 Å². The zero-order valence-corrected chi connectivity index (χ0v) is 23.0. The number of fused-ring (bicyclic) bond motifs is 1. The minimum atomic E-state index is -0.302. The number of allylic oxidation sites excluding steroid dienone is 1. The Hall–Kier alpha value is -3.97. The number of halogens is 1. The monoisotopic (exact) mass is 525 g/mol. The summed E-state index contributed by atoms with van der Waals surface area (Å²) in [5.74, 6) is -0.302. The summed E-state index contributed by atoms with van der Waals surface area (Å²) in [5, 5.41) is 9.65. The first-order valence-electron chi connectivity index (χ1n) is 12.6. The largest absolute Gasteiger partial charge is 0.388 e. The number of aromatic nitrogens is 3. The first-order chi connectivity index (χ1) is 18.2. The highest BCUT2D eigenvalue weighted by atomic mass is 32.1. The number of thiophene rings is 1. The lowest BCUT2D eigenvalue weighted by atomic mass is 9.91. The van der Waals surface area contributed by atoms with Gasteiger partial charge in [-0.25, -0.2) is 9.37 Å². The predicted octanol–water partition coefficient (Wildman–Crippen LogP) is 8.49. The number of rotatable bonds is 8. The Bertz CT molecular complexity index is 1590. The van der Waals surface area contributed by atoms with Gasteiger partial charge in [0.25, 0.3) is 0 Å². The van der Waals surface area contributed by atoms with Crippen LogP contribution in [0.4, 0.5) is 15.8 Å². The Morgan fingerprint density at radius 1 is 1.11 bits per heavy atom. The summed E-state index contributed by atoms with van der Waals surface area (Å²) in [4.78, 5) is 13.6. The number of pyridine rings is 2. The average molecular weight is 526 g/mol. The van der Waals surface area contributed by atoms with Crippen LogP contribution in [0.15, 0.2) is 78.7 Å². The van der Waals surface area contributed by atoms with Gasteiger partial charge in [0.05, 0.1) is 11.9 Å². The van der Waals surface area contributed by atoms with E-state index in [-0.39, 0.29) is 11.2 Å². The molecule has 0 fully saturated rings. The molecule has 0 atom stereocenters. The summed E-state index contributed by atoms with van der Waals surface area (Å²) in [6.45, 7) is 10.7. The summed E-state index contributed by atoms with van der Waals surface area (Å²) in [5.41, 5.74) is 7.75. The van der Waals surface area contributed by atoms with Crippen molar-refractivity contribution in [3.05, 3.63) is 95.8 Å². The third-order valence-corrected chi connectivity index (χ3v) is 7.23. The van der Waals surface area contributed by atoms with Crippen molar-refractivity contribution in [1.29, 1.82) is 0 Å². The van der Waals surface area contributed by atoms with E-state index in [2.05, 4.69) is 76.5 Å². The third-order valence-electron chi connectivity index (χ3n) is 6.33. The molecule has 0 unspecified atom stereocenters. The molecule has 5 rings (SSSR count). The number of aromatic amines is 1. The second-order valence-corrected chi connectivity index (χ2v) is 11.7. The van der Waals surface area contributed by atoms with Crippen LogP contribution in [0, 0.1) is 11.2 Å². The Balaban J connectivity index is 1.47. The second kappa shape index (κ2) is 10.4. The van der Waals surface area contributed by atoms with E-state index >= 15 is 4.39 Å². The minimum absolute atomic E-state index is 0.113. The molecule has 38 heavy (non-hydrogen) atoms. The highest BCUT2D eigenvalue weighted by Gasteiger charge is 2.16. The summed E-state index contributed by atoms with van der Waals surface area (Å²) >= 11 is 1.71. The standard InChI is InChI=1S/C31H32FN5S/c1-19(16-31(2,3)4)36-23-12-21(17-34-18-23)25-13-20(28(33-5)15-27(25)32)11-22-14-26-24(29-7-6-10-38-29)8-9-35-30(26)37-22/h6-10,12-15,17-18,33,36H,1,11,16H2,2-5H3,(H,35,37). The van der Waals surface area contributed by atoms with E-state index in [9.17, 15) is 0 Å². The molecule has 1 aromatic carbocycles. The van der Waals surface area contributed by atoms with Gasteiger partial charge < -0.3 is 15.6 Å². The van der Waals surface area contributed by atoms with Crippen LogP contribution in [-0.2, 0) is 6.42 Å². The molecule has 0 bridgehead atoms. The van der Waals surface area contributed by atoms with E-state index in [0.29, 0.717) is 17.5 Å². The van der Waals surface area contributed by atoms with E-state index in [1.165, 1.54) is 4.88 Å². The maximum atomic E-state index is 15.3. The van der Waals surface area contributed by atoms with Gasteiger partial charge in [-0.1, -0.05) is 33.4 Å². The third kappa shape index (κ3) is 5.63. The molecule has 0 aliphatic rings. The number of hydrogen-bond acceptors (Lipinski definition) is 5. The molecule has 0 amide bonds. The number of anilines is 2. The van der Waals surface area contributed by atoms with Crippen LogP contribution >= 0.6 is 11.3 Å². The van der Waals surface area contributed by atoms with Gasteiger partial charge in [-0.05, 0) is 59.2 Å². The maximum absolute atomic E-state index is 15.3. The smallest absolute Gasteiger partial charge is 0.138 e. The zero-order valence-electron chi connectivity index (χ0n) is 22.2. The van der Waals surface area contributed by atoms with Gasteiger partial charge in [0, 0.05) is 69.9 Å². The SMILES string of the molecule is C=C(CC(C)(C)C)Nc1cncc(-c2cc(Cc3cc4c(-c5cccs5)ccnc4[nH]3)c(NC)cc2F)c1. The van der Waals surface area contributed by atoms with E-state index in [0.717, 1.165) is 51.3 Å². The molecule has 4 heterocycles. The first-order valence-corrected chi connectivity index (χ1v) is 13.5. The van der Waals surface area contributed by atoms with Crippen LogP contribution in [0.1, 0.15) is 38.4 Å². The highest BCUT2D eigenvalue weighted by Crippen LogP contribution is 2.34. The highest BCUT2D eigenvalue weighted by molar-refractivity contribution is 7.13. The lowest BCUT2D eigenvalue weighted by molar-refractivity contribution is 0.411. The Morgan fingerprint density at radius 2 is 1.95 bits per heavy atom. The van der Waals surface area contributed by atoms with Gasteiger partial charge in [0.15, 0.2) is 0 Å². The van der Waals surface area contributed by atoms with Crippen LogP contribution in [0.25, 0.3) is 32.6 Å². The number of hydrogen-bond donors (Lipinski definition) is 3. The summed E-state index contributed by atoms with van der Waals surface area (Å²) in [6.07, 6.45) is 6.67. The summed E-state index contributed by atoms with van der Waals surface area (Å²) in [6, 6.07) is 13.7. The van der Waals surface area contributed by atoms with Crippen molar-refractivity contribution in [2.45, 2.75) is 33.6 Å². The van der Waals surface area contributed by atoms with E-state index in [1.807, 2.05) is 31.4 Å². The topological polar surface area (TPSA) is 65.6 Å². The van der Waals surface area contributed by atoms with Gasteiger partial charge >= 0.3 is 0 Å².